The molecule has 0 aromatic carbocycles. The van der Waals surface area contributed by atoms with E-state index in [1.165, 1.54) is 37.0 Å². The number of nitrogens with one attached hydrogen (secondary N) is 1. The number of hydrogen-bond donors (Lipinski definition) is 1. The van der Waals surface area contributed by atoms with E-state index in [0.29, 0.717) is 10.8 Å². The summed E-state index contributed by atoms with van der Waals surface area (Å²) in [6, 6.07) is 5.29. The van der Waals surface area contributed by atoms with Crippen molar-refractivity contribution in [1.82, 2.24) is 14.9 Å². The third kappa shape index (κ3) is 4.11. The molecule has 116 valence electrons. The van der Waals surface area contributed by atoms with E-state index in [9.17, 15) is 4.79 Å². The van der Waals surface area contributed by atoms with E-state index in [4.69, 9.17) is 0 Å². The van der Waals surface area contributed by atoms with Crippen molar-refractivity contribution in [1.29, 1.82) is 0 Å². The summed E-state index contributed by atoms with van der Waals surface area (Å²) in [5.74, 6) is -0.212. The van der Waals surface area contributed by atoms with Crippen molar-refractivity contribution in [3.05, 3.63) is 41.2 Å². The van der Waals surface area contributed by atoms with Crippen LogP contribution < -0.4 is 5.32 Å². The summed E-state index contributed by atoms with van der Waals surface area (Å²) in [7, 11) is 0. The predicted octanol–water partition coefficient (Wildman–Crippen LogP) is 3.17. The number of amides is 1. The zero-order valence-electron chi connectivity index (χ0n) is 12.5. The standard InChI is InChI=1S/C16H20N4OS/c21-15(14-7-3-4-8-17-14)19-16-18-13(12-22-16)11-20-9-5-1-2-6-10-20/h3-4,7-8,12H,1-2,5-6,9-11H2,(H,18,19,21). The van der Waals surface area contributed by atoms with E-state index in [1.807, 2.05) is 5.38 Å². The molecule has 1 N–H and O–H groups in total. The van der Waals surface area contributed by atoms with Gasteiger partial charge >= 0.3 is 0 Å². The number of pyridine rings is 1. The molecule has 1 aliphatic rings. The van der Waals surface area contributed by atoms with Gasteiger partial charge in [-0.3, -0.25) is 20.0 Å². The average molecular weight is 316 g/mol. The summed E-state index contributed by atoms with van der Waals surface area (Å²) in [4.78, 5) is 23.1. The fourth-order valence-corrected chi connectivity index (χ4v) is 3.32. The molecule has 1 saturated heterocycles. The first-order valence-electron chi connectivity index (χ1n) is 7.70. The number of rotatable bonds is 4. The van der Waals surface area contributed by atoms with Crippen LogP contribution in [0, 0.1) is 0 Å². The molecule has 22 heavy (non-hydrogen) atoms. The highest BCUT2D eigenvalue weighted by Gasteiger charge is 2.13. The van der Waals surface area contributed by atoms with Crippen LogP contribution in [0.2, 0.25) is 0 Å². The highest BCUT2D eigenvalue weighted by molar-refractivity contribution is 7.13. The topological polar surface area (TPSA) is 58.1 Å². The molecule has 0 unspecified atom stereocenters. The molecule has 3 heterocycles. The van der Waals surface area contributed by atoms with Crippen molar-refractivity contribution in [2.45, 2.75) is 32.2 Å². The van der Waals surface area contributed by atoms with Gasteiger partial charge in [0.15, 0.2) is 5.13 Å². The predicted molar refractivity (Wildman–Crippen MR) is 88.0 cm³/mol. The fraction of sp³-hybridized carbons (Fsp3) is 0.438. The first kappa shape index (κ1) is 15.1. The summed E-state index contributed by atoms with van der Waals surface area (Å²) in [5, 5.41) is 5.48. The maximum Gasteiger partial charge on any atom is 0.276 e. The van der Waals surface area contributed by atoms with Crippen LogP contribution in [-0.4, -0.2) is 33.9 Å². The van der Waals surface area contributed by atoms with Gasteiger partial charge in [0, 0.05) is 18.1 Å². The number of hydrogen-bond acceptors (Lipinski definition) is 5. The SMILES string of the molecule is O=C(Nc1nc(CN2CCCCCC2)cs1)c1ccccn1. The van der Waals surface area contributed by atoms with Crippen molar-refractivity contribution >= 4 is 22.4 Å². The van der Waals surface area contributed by atoms with E-state index in [2.05, 4.69) is 20.2 Å². The molecule has 1 amide bonds. The smallest absolute Gasteiger partial charge is 0.276 e. The summed E-state index contributed by atoms with van der Waals surface area (Å²) in [6.07, 6.45) is 6.82. The van der Waals surface area contributed by atoms with Crippen molar-refractivity contribution < 1.29 is 4.79 Å². The molecule has 1 fully saturated rings. The van der Waals surface area contributed by atoms with Crippen LogP contribution in [0.5, 0.6) is 0 Å². The molecule has 0 saturated carbocycles. The van der Waals surface area contributed by atoms with Gasteiger partial charge < -0.3 is 0 Å². The van der Waals surface area contributed by atoms with Crippen molar-refractivity contribution in [3.8, 4) is 0 Å². The molecular weight excluding hydrogens is 296 g/mol. The minimum atomic E-state index is -0.212. The van der Waals surface area contributed by atoms with E-state index >= 15 is 0 Å². The second-order valence-electron chi connectivity index (χ2n) is 5.50. The van der Waals surface area contributed by atoms with Crippen LogP contribution in [-0.2, 0) is 6.54 Å². The van der Waals surface area contributed by atoms with Gasteiger partial charge in [-0.05, 0) is 38.1 Å². The molecule has 0 aliphatic carbocycles. The highest BCUT2D eigenvalue weighted by atomic mass is 32.1. The van der Waals surface area contributed by atoms with Crippen molar-refractivity contribution in [3.63, 3.8) is 0 Å². The zero-order chi connectivity index (χ0) is 15.2. The highest BCUT2D eigenvalue weighted by Crippen LogP contribution is 2.19. The number of nitrogens with zero attached hydrogens (tertiary/aromatic N) is 3. The summed E-state index contributed by atoms with van der Waals surface area (Å²) >= 11 is 1.47. The number of carbonyl (C=O) groups is 1. The summed E-state index contributed by atoms with van der Waals surface area (Å²) < 4.78 is 0. The van der Waals surface area contributed by atoms with Crippen LogP contribution in [0.4, 0.5) is 5.13 Å². The van der Waals surface area contributed by atoms with Gasteiger partial charge in [0.25, 0.3) is 5.91 Å². The van der Waals surface area contributed by atoms with Crippen LogP contribution >= 0.6 is 11.3 Å². The molecule has 2 aromatic rings. The van der Waals surface area contributed by atoms with Gasteiger partial charge in [0.05, 0.1) is 5.69 Å². The minimum absolute atomic E-state index is 0.212. The van der Waals surface area contributed by atoms with Crippen LogP contribution in [0.1, 0.15) is 41.9 Å². The normalized spacial score (nSPS) is 16.2. The van der Waals surface area contributed by atoms with Gasteiger partial charge in [0.1, 0.15) is 5.69 Å². The lowest BCUT2D eigenvalue weighted by atomic mass is 10.2. The van der Waals surface area contributed by atoms with Gasteiger partial charge in [0.2, 0.25) is 0 Å². The molecule has 0 radical (unpaired) electrons. The Labute approximate surface area is 134 Å². The largest absolute Gasteiger partial charge is 0.297 e. The fourth-order valence-electron chi connectivity index (χ4n) is 2.62. The molecule has 0 atom stereocenters. The monoisotopic (exact) mass is 316 g/mol. The van der Waals surface area contributed by atoms with Crippen LogP contribution in [0.15, 0.2) is 29.8 Å². The molecule has 2 aromatic heterocycles. The number of aromatic nitrogens is 2. The van der Waals surface area contributed by atoms with Crippen molar-refractivity contribution in [2.75, 3.05) is 18.4 Å². The summed E-state index contributed by atoms with van der Waals surface area (Å²) in [6.45, 7) is 3.16. The van der Waals surface area contributed by atoms with E-state index in [-0.39, 0.29) is 5.91 Å². The maximum atomic E-state index is 12.0. The number of likely N-dealkylation sites (tertiary alicyclic amines) is 1. The molecule has 0 spiro atoms. The van der Waals surface area contributed by atoms with Crippen LogP contribution in [0.3, 0.4) is 0 Å². The quantitative estimate of drug-likeness (QED) is 0.941. The second-order valence-corrected chi connectivity index (χ2v) is 6.36. The van der Waals surface area contributed by atoms with E-state index in [1.54, 1.807) is 24.4 Å². The number of anilines is 1. The maximum absolute atomic E-state index is 12.0. The Morgan fingerprint density at radius 1 is 1.23 bits per heavy atom. The van der Waals surface area contributed by atoms with Crippen LogP contribution in [0.25, 0.3) is 0 Å². The molecular formula is C16H20N4OS. The lowest BCUT2D eigenvalue weighted by Gasteiger charge is -2.17. The Bertz CT molecular complexity index is 606. The minimum Gasteiger partial charge on any atom is -0.297 e. The third-order valence-electron chi connectivity index (χ3n) is 3.75. The van der Waals surface area contributed by atoms with E-state index < -0.39 is 0 Å². The molecule has 3 rings (SSSR count). The van der Waals surface area contributed by atoms with Gasteiger partial charge in [-0.15, -0.1) is 11.3 Å². The van der Waals surface area contributed by atoms with Crippen molar-refractivity contribution in [2.24, 2.45) is 0 Å². The number of thiazole rings is 1. The van der Waals surface area contributed by atoms with E-state index in [0.717, 1.165) is 25.3 Å². The molecule has 0 bridgehead atoms. The molecule has 5 nitrogen and oxygen atoms in total. The lowest BCUT2D eigenvalue weighted by Crippen LogP contribution is -2.24. The lowest BCUT2D eigenvalue weighted by molar-refractivity contribution is 0.102. The Morgan fingerprint density at radius 3 is 2.77 bits per heavy atom. The Hall–Kier alpha value is -1.79. The first-order chi connectivity index (χ1) is 10.8. The Morgan fingerprint density at radius 2 is 2.05 bits per heavy atom. The zero-order valence-corrected chi connectivity index (χ0v) is 13.3. The van der Waals surface area contributed by atoms with Gasteiger partial charge in [-0.25, -0.2) is 4.98 Å². The summed E-state index contributed by atoms with van der Waals surface area (Å²) in [5.41, 5.74) is 1.44. The molecule has 1 aliphatic heterocycles. The second kappa shape index (κ2) is 7.47. The van der Waals surface area contributed by atoms with Gasteiger partial charge in [-0.2, -0.15) is 0 Å². The first-order valence-corrected chi connectivity index (χ1v) is 8.58. The van der Waals surface area contributed by atoms with Gasteiger partial charge in [-0.1, -0.05) is 18.9 Å². The number of carbonyl (C=O) groups excluding carboxylic acids is 1. The average Bonchev–Trinajstić information content (AvgIpc) is 2.81. The Balaban J connectivity index is 1.58. The Kier molecular flexibility index (Phi) is 5.13. The third-order valence-corrected chi connectivity index (χ3v) is 4.56. The molecule has 6 heteroatoms.